The van der Waals surface area contributed by atoms with Gasteiger partial charge in [0.1, 0.15) is 12.1 Å². The Kier molecular flexibility index (Phi) is 3.56. The maximum Gasteiger partial charge on any atom is 0.163 e. The molecular formula is C10H14ClN5. The molecule has 2 aromatic rings. The second-order valence-corrected chi connectivity index (χ2v) is 3.93. The number of hydrogen-bond donors (Lipinski definition) is 1. The molecule has 16 heavy (non-hydrogen) atoms. The van der Waals surface area contributed by atoms with Crippen LogP contribution in [0.3, 0.4) is 0 Å². The molecule has 2 aromatic heterocycles. The molecule has 0 aliphatic carbocycles. The fourth-order valence-corrected chi connectivity index (χ4v) is 1.72. The molecule has 0 fully saturated rings. The molecule has 6 heteroatoms. The van der Waals surface area contributed by atoms with Gasteiger partial charge >= 0.3 is 0 Å². The van der Waals surface area contributed by atoms with Crippen LogP contribution in [-0.4, -0.2) is 32.2 Å². The van der Waals surface area contributed by atoms with Gasteiger partial charge < -0.3 is 5.32 Å². The molecule has 0 aliphatic heterocycles. The van der Waals surface area contributed by atoms with Gasteiger partial charge in [0.2, 0.25) is 0 Å². The third-order valence-corrected chi connectivity index (χ3v) is 2.65. The zero-order valence-electron chi connectivity index (χ0n) is 9.15. The average molecular weight is 240 g/mol. The molecule has 0 bridgehead atoms. The van der Waals surface area contributed by atoms with Crippen LogP contribution in [0.4, 0.5) is 5.82 Å². The molecular weight excluding hydrogens is 226 g/mol. The van der Waals surface area contributed by atoms with Crippen molar-refractivity contribution in [3.63, 3.8) is 0 Å². The number of halogens is 1. The second-order valence-electron chi connectivity index (χ2n) is 3.55. The van der Waals surface area contributed by atoms with Crippen molar-refractivity contribution in [3.8, 4) is 0 Å². The normalized spacial score (nSPS) is 10.9. The zero-order chi connectivity index (χ0) is 11.4. The standard InChI is InChI=1S/C10H14ClN5/c1-16-10-8(6-15-16)9(13-7-14-10)12-5-3-2-4-11/h6-7H,2-5H2,1H3,(H,12,13,14). The minimum Gasteiger partial charge on any atom is -0.369 e. The van der Waals surface area contributed by atoms with Crippen molar-refractivity contribution in [3.05, 3.63) is 12.5 Å². The molecule has 0 aliphatic rings. The first-order chi connectivity index (χ1) is 7.83. The number of anilines is 1. The third-order valence-electron chi connectivity index (χ3n) is 2.38. The van der Waals surface area contributed by atoms with Crippen LogP contribution in [-0.2, 0) is 7.05 Å². The SMILES string of the molecule is Cn1ncc2c(NCCCCCl)ncnc21. The van der Waals surface area contributed by atoms with Crippen molar-refractivity contribution in [2.24, 2.45) is 7.05 Å². The van der Waals surface area contributed by atoms with Gasteiger partial charge in [-0.3, -0.25) is 4.68 Å². The summed E-state index contributed by atoms with van der Waals surface area (Å²) in [5.74, 6) is 1.54. The fraction of sp³-hybridized carbons (Fsp3) is 0.500. The second kappa shape index (κ2) is 5.12. The minimum absolute atomic E-state index is 0.702. The van der Waals surface area contributed by atoms with E-state index in [1.165, 1.54) is 0 Å². The van der Waals surface area contributed by atoms with Gasteiger partial charge in [-0.05, 0) is 12.8 Å². The number of nitrogens with zero attached hydrogens (tertiary/aromatic N) is 4. The Morgan fingerprint density at radius 2 is 2.25 bits per heavy atom. The zero-order valence-corrected chi connectivity index (χ0v) is 9.91. The molecule has 0 saturated carbocycles. The van der Waals surface area contributed by atoms with E-state index in [0.29, 0.717) is 5.88 Å². The Morgan fingerprint density at radius 1 is 1.38 bits per heavy atom. The predicted octanol–water partition coefficient (Wildman–Crippen LogP) is 1.79. The van der Waals surface area contributed by atoms with Crippen LogP contribution in [0.5, 0.6) is 0 Å². The monoisotopic (exact) mass is 239 g/mol. The summed E-state index contributed by atoms with van der Waals surface area (Å²) in [5.41, 5.74) is 0.842. The number of hydrogen-bond acceptors (Lipinski definition) is 4. The van der Waals surface area contributed by atoms with Gasteiger partial charge in [0.15, 0.2) is 5.65 Å². The van der Waals surface area contributed by atoms with Crippen LogP contribution in [0.15, 0.2) is 12.5 Å². The summed E-state index contributed by atoms with van der Waals surface area (Å²) in [6.45, 7) is 0.869. The highest BCUT2D eigenvalue weighted by atomic mass is 35.5. The molecule has 86 valence electrons. The number of fused-ring (bicyclic) bond motifs is 1. The lowest BCUT2D eigenvalue weighted by Crippen LogP contribution is -2.04. The number of rotatable bonds is 5. The maximum atomic E-state index is 5.61. The van der Waals surface area contributed by atoms with E-state index in [-0.39, 0.29) is 0 Å². The summed E-state index contributed by atoms with van der Waals surface area (Å²) < 4.78 is 1.74. The minimum atomic E-state index is 0.702. The van der Waals surface area contributed by atoms with E-state index < -0.39 is 0 Å². The first-order valence-corrected chi connectivity index (χ1v) is 5.79. The number of unbranched alkanes of at least 4 members (excludes halogenated alkanes) is 1. The number of aryl methyl sites for hydroxylation is 1. The first kappa shape index (κ1) is 11.1. The van der Waals surface area contributed by atoms with Crippen LogP contribution in [0, 0.1) is 0 Å². The molecule has 2 heterocycles. The Balaban J connectivity index is 2.11. The summed E-state index contributed by atoms with van der Waals surface area (Å²) in [6.07, 6.45) is 5.37. The van der Waals surface area contributed by atoms with Gasteiger partial charge in [-0.2, -0.15) is 5.10 Å². The quantitative estimate of drug-likeness (QED) is 0.639. The third kappa shape index (κ3) is 2.24. The summed E-state index contributed by atoms with van der Waals surface area (Å²) in [5, 5.41) is 8.38. The Morgan fingerprint density at radius 3 is 3.06 bits per heavy atom. The lowest BCUT2D eigenvalue weighted by atomic mass is 10.3. The maximum absolute atomic E-state index is 5.61. The Bertz CT molecular complexity index is 467. The predicted molar refractivity (Wildman–Crippen MR) is 64.7 cm³/mol. The van der Waals surface area contributed by atoms with Crippen LogP contribution in [0.1, 0.15) is 12.8 Å². The highest BCUT2D eigenvalue weighted by molar-refractivity contribution is 6.17. The van der Waals surface area contributed by atoms with Crippen molar-refractivity contribution in [1.82, 2.24) is 19.7 Å². The highest BCUT2D eigenvalue weighted by Crippen LogP contribution is 2.17. The van der Waals surface area contributed by atoms with E-state index in [1.54, 1.807) is 17.2 Å². The molecule has 0 unspecified atom stereocenters. The topological polar surface area (TPSA) is 55.6 Å². The van der Waals surface area contributed by atoms with Crippen molar-refractivity contribution in [2.45, 2.75) is 12.8 Å². The van der Waals surface area contributed by atoms with Gasteiger partial charge in [-0.1, -0.05) is 0 Å². The van der Waals surface area contributed by atoms with Crippen molar-refractivity contribution in [2.75, 3.05) is 17.7 Å². The van der Waals surface area contributed by atoms with Gasteiger partial charge in [0.05, 0.1) is 11.6 Å². The lowest BCUT2D eigenvalue weighted by molar-refractivity contribution is 0.785. The summed E-state index contributed by atoms with van der Waals surface area (Å²) >= 11 is 5.61. The molecule has 0 amide bonds. The molecule has 0 atom stereocenters. The smallest absolute Gasteiger partial charge is 0.163 e. The van der Waals surface area contributed by atoms with Crippen LogP contribution in [0.2, 0.25) is 0 Å². The van der Waals surface area contributed by atoms with Gasteiger partial charge in [0.25, 0.3) is 0 Å². The lowest BCUT2D eigenvalue weighted by Gasteiger charge is -2.05. The Hall–Kier alpha value is -1.36. The Labute approximate surface area is 98.8 Å². The molecule has 0 saturated heterocycles. The summed E-state index contributed by atoms with van der Waals surface area (Å²) in [4.78, 5) is 8.38. The van der Waals surface area contributed by atoms with E-state index in [4.69, 9.17) is 11.6 Å². The molecule has 1 N–H and O–H groups in total. The van der Waals surface area contributed by atoms with Crippen LogP contribution >= 0.6 is 11.6 Å². The van der Waals surface area contributed by atoms with Gasteiger partial charge in [0, 0.05) is 19.5 Å². The van der Waals surface area contributed by atoms with Crippen molar-refractivity contribution in [1.29, 1.82) is 0 Å². The molecule has 5 nitrogen and oxygen atoms in total. The number of nitrogens with one attached hydrogen (secondary N) is 1. The van der Waals surface area contributed by atoms with Crippen LogP contribution in [0.25, 0.3) is 11.0 Å². The van der Waals surface area contributed by atoms with Gasteiger partial charge in [-0.25, -0.2) is 9.97 Å². The van der Waals surface area contributed by atoms with E-state index in [9.17, 15) is 0 Å². The van der Waals surface area contributed by atoms with Gasteiger partial charge in [-0.15, -0.1) is 11.6 Å². The van der Waals surface area contributed by atoms with E-state index in [2.05, 4.69) is 20.4 Å². The largest absolute Gasteiger partial charge is 0.369 e. The van der Waals surface area contributed by atoms with E-state index in [1.807, 2.05) is 7.05 Å². The molecule has 0 spiro atoms. The van der Waals surface area contributed by atoms with Crippen molar-refractivity contribution >= 4 is 28.5 Å². The van der Waals surface area contributed by atoms with Crippen molar-refractivity contribution < 1.29 is 0 Å². The molecule has 0 radical (unpaired) electrons. The summed E-state index contributed by atoms with van der Waals surface area (Å²) in [7, 11) is 1.87. The van der Waals surface area contributed by atoms with E-state index >= 15 is 0 Å². The van der Waals surface area contributed by atoms with Crippen LogP contribution < -0.4 is 5.32 Å². The van der Waals surface area contributed by atoms with E-state index in [0.717, 1.165) is 36.2 Å². The first-order valence-electron chi connectivity index (χ1n) is 5.25. The average Bonchev–Trinajstić information content (AvgIpc) is 2.68. The highest BCUT2D eigenvalue weighted by Gasteiger charge is 2.06. The molecule has 0 aromatic carbocycles. The molecule has 2 rings (SSSR count). The number of aromatic nitrogens is 4. The fourth-order valence-electron chi connectivity index (χ4n) is 1.53. The number of alkyl halides is 1. The summed E-state index contributed by atoms with van der Waals surface area (Å²) in [6, 6.07) is 0.